The summed E-state index contributed by atoms with van der Waals surface area (Å²) in [4.78, 5) is 0. The van der Waals surface area contributed by atoms with E-state index in [1.807, 2.05) is 13.0 Å². The van der Waals surface area contributed by atoms with Crippen LogP contribution in [0.5, 0.6) is 11.5 Å². The Morgan fingerprint density at radius 2 is 1.83 bits per heavy atom. The van der Waals surface area contributed by atoms with Crippen LogP contribution in [0.2, 0.25) is 5.02 Å². The van der Waals surface area contributed by atoms with Crippen molar-refractivity contribution in [3.05, 3.63) is 22.2 Å². The lowest BCUT2D eigenvalue weighted by Crippen LogP contribution is -2.33. The van der Waals surface area contributed by atoms with E-state index in [9.17, 15) is 0 Å². The number of nitrogens with two attached hydrogens (primary N) is 1. The van der Waals surface area contributed by atoms with Gasteiger partial charge in [-0.25, -0.2) is 0 Å². The highest BCUT2D eigenvalue weighted by Crippen LogP contribution is 2.46. The monoisotopic (exact) mass is 269 g/mol. The molecule has 0 aromatic heterocycles. The molecule has 2 rings (SSSR count). The van der Waals surface area contributed by atoms with Crippen molar-refractivity contribution < 1.29 is 9.47 Å². The van der Waals surface area contributed by atoms with Crippen LogP contribution in [-0.4, -0.2) is 14.2 Å². The van der Waals surface area contributed by atoms with Crippen LogP contribution in [-0.2, 0) is 5.54 Å². The van der Waals surface area contributed by atoms with Gasteiger partial charge in [-0.05, 0) is 25.8 Å². The Labute approximate surface area is 113 Å². The molecule has 18 heavy (non-hydrogen) atoms. The highest BCUT2D eigenvalue weighted by molar-refractivity contribution is 6.33. The summed E-state index contributed by atoms with van der Waals surface area (Å²) in [5, 5.41) is 0.601. The first-order chi connectivity index (χ1) is 8.53. The second kappa shape index (κ2) is 4.98. The Balaban J connectivity index is 2.61. The quantitative estimate of drug-likeness (QED) is 0.915. The predicted octanol–water partition coefficient (Wildman–Crippen LogP) is 3.39. The molecule has 0 bridgehead atoms. The van der Waals surface area contributed by atoms with Gasteiger partial charge in [0.05, 0.1) is 19.2 Å². The summed E-state index contributed by atoms with van der Waals surface area (Å²) >= 11 is 6.36. The summed E-state index contributed by atoms with van der Waals surface area (Å²) in [6.45, 7) is 1.92. The molecule has 0 radical (unpaired) electrons. The van der Waals surface area contributed by atoms with E-state index in [1.165, 1.54) is 0 Å². The van der Waals surface area contributed by atoms with E-state index in [0.29, 0.717) is 10.8 Å². The molecule has 0 spiro atoms. The zero-order valence-electron chi connectivity index (χ0n) is 11.2. The maximum atomic E-state index is 6.51. The number of halogens is 1. The third kappa shape index (κ3) is 2.06. The zero-order valence-corrected chi connectivity index (χ0v) is 11.9. The number of rotatable bonds is 3. The van der Waals surface area contributed by atoms with Gasteiger partial charge in [0.15, 0.2) is 0 Å². The lowest BCUT2D eigenvalue weighted by atomic mass is 9.87. The average molecular weight is 270 g/mol. The lowest BCUT2D eigenvalue weighted by molar-refractivity contribution is 0.370. The van der Waals surface area contributed by atoms with Crippen molar-refractivity contribution in [3.63, 3.8) is 0 Å². The number of hydrogen-bond acceptors (Lipinski definition) is 3. The van der Waals surface area contributed by atoms with Gasteiger partial charge in [0.1, 0.15) is 11.5 Å². The second-order valence-electron chi connectivity index (χ2n) is 4.96. The van der Waals surface area contributed by atoms with Gasteiger partial charge in [0.2, 0.25) is 0 Å². The molecule has 1 aliphatic rings. The fourth-order valence-corrected chi connectivity index (χ4v) is 3.03. The van der Waals surface area contributed by atoms with Crippen molar-refractivity contribution in [1.82, 2.24) is 0 Å². The molecular formula is C14H20ClNO2. The van der Waals surface area contributed by atoms with Crippen LogP contribution in [0.15, 0.2) is 6.07 Å². The lowest BCUT2D eigenvalue weighted by Gasteiger charge is -2.28. The molecule has 1 aromatic carbocycles. The first-order valence-corrected chi connectivity index (χ1v) is 6.61. The van der Waals surface area contributed by atoms with E-state index in [-0.39, 0.29) is 5.54 Å². The molecule has 0 heterocycles. The number of methoxy groups -OCH3 is 2. The van der Waals surface area contributed by atoms with Crippen molar-refractivity contribution in [3.8, 4) is 11.5 Å². The van der Waals surface area contributed by atoms with Crippen LogP contribution >= 0.6 is 11.6 Å². The Bertz CT molecular complexity index is 454. The molecule has 0 atom stereocenters. The maximum Gasteiger partial charge on any atom is 0.143 e. The number of benzene rings is 1. The smallest absolute Gasteiger partial charge is 0.143 e. The van der Waals surface area contributed by atoms with E-state index in [4.69, 9.17) is 26.8 Å². The average Bonchev–Trinajstić information content (AvgIpc) is 2.80. The normalized spacial score (nSPS) is 17.8. The summed E-state index contributed by atoms with van der Waals surface area (Å²) in [5.74, 6) is 1.46. The Morgan fingerprint density at radius 1 is 1.22 bits per heavy atom. The maximum absolute atomic E-state index is 6.51. The minimum absolute atomic E-state index is 0.337. The Kier molecular flexibility index (Phi) is 3.74. The molecular weight excluding hydrogens is 250 g/mol. The minimum atomic E-state index is -0.337. The predicted molar refractivity (Wildman–Crippen MR) is 73.6 cm³/mol. The third-order valence-corrected chi connectivity index (χ3v) is 4.33. The first kappa shape index (κ1) is 13.5. The Hall–Kier alpha value is -0.930. The summed E-state index contributed by atoms with van der Waals surface area (Å²) < 4.78 is 10.8. The van der Waals surface area contributed by atoms with E-state index in [2.05, 4.69) is 0 Å². The highest BCUT2D eigenvalue weighted by Gasteiger charge is 2.35. The van der Waals surface area contributed by atoms with Crippen molar-refractivity contribution >= 4 is 11.6 Å². The molecule has 0 saturated heterocycles. The first-order valence-electron chi connectivity index (χ1n) is 6.24. The summed E-state index contributed by atoms with van der Waals surface area (Å²) in [7, 11) is 3.28. The molecule has 1 aromatic rings. The van der Waals surface area contributed by atoms with E-state index in [0.717, 1.165) is 42.6 Å². The topological polar surface area (TPSA) is 44.5 Å². The van der Waals surface area contributed by atoms with Crippen LogP contribution in [0.25, 0.3) is 0 Å². The van der Waals surface area contributed by atoms with Crippen molar-refractivity contribution in [2.24, 2.45) is 5.73 Å². The van der Waals surface area contributed by atoms with Crippen molar-refractivity contribution in [2.75, 3.05) is 14.2 Å². The molecule has 1 saturated carbocycles. The molecule has 100 valence electrons. The molecule has 1 fully saturated rings. The van der Waals surface area contributed by atoms with Gasteiger partial charge in [-0.15, -0.1) is 0 Å². The van der Waals surface area contributed by atoms with Crippen LogP contribution < -0.4 is 15.2 Å². The van der Waals surface area contributed by atoms with Crippen LogP contribution in [0, 0.1) is 6.92 Å². The van der Waals surface area contributed by atoms with Gasteiger partial charge in [-0.1, -0.05) is 24.4 Å². The minimum Gasteiger partial charge on any atom is -0.496 e. The SMILES string of the molecule is COc1cc(C2(N)CCCC2)c(OC)c(Cl)c1C. The summed E-state index contributed by atoms with van der Waals surface area (Å²) in [5.41, 5.74) is 8.03. The van der Waals surface area contributed by atoms with Gasteiger partial charge in [-0.2, -0.15) is 0 Å². The fraction of sp³-hybridized carbons (Fsp3) is 0.571. The molecule has 3 nitrogen and oxygen atoms in total. The highest BCUT2D eigenvalue weighted by atomic mass is 35.5. The van der Waals surface area contributed by atoms with E-state index in [1.54, 1.807) is 14.2 Å². The number of ether oxygens (including phenoxy) is 2. The molecule has 0 aliphatic heterocycles. The molecule has 2 N–H and O–H groups in total. The van der Waals surface area contributed by atoms with Crippen LogP contribution in [0.3, 0.4) is 0 Å². The second-order valence-corrected chi connectivity index (χ2v) is 5.34. The molecule has 0 amide bonds. The van der Waals surface area contributed by atoms with Gasteiger partial charge >= 0.3 is 0 Å². The standard InChI is InChI=1S/C14H20ClNO2/c1-9-11(17-2)8-10(13(18-3)12(9)15)14(16)6-4-5-7-14/h8H,4-7,16H2,1-3H3. The van der Waals surface area contributed by atoms with Crippen LogP contribution in [0.4, 0.5) is 0 Å². The van der Waals surface area contributed by atoms with Gasteiger partial charge in [0, 0.05) is 16.7 Å². The molecule has 0 unspecified atom stereocenters. The van der Waals surface area contributed by atoms with Gasteiger partial charge in [0.25, 0.3) is 0 Å². The van der Waals surface area contributed by atoms with Gasteiger partial charge < -0.3 is 15.2 Å². The van der Waals surface area contributed by atoms with Crippen LogP contribution in [0.1, 0.15) is 36.8 Å². The number of hydrogen-bond donors (Lipinski definition) is 1. The fourth-order valence-electron chi connectivity index (χ4n) is 2.76. The molecule has 4 heteroatoms. The van der Waals surface area contributed by atoms with E-state index >= 15 is 0 Å². The van der Waals surface area contributed by atoms with E-state index < -0.39 is 0 Å². The Morgan fingerprint density at radius 3 is 2.33 bits per heavy atom. The van der Waals surface area contributed by atoms with Crippen molar-refractivity contribution in [2.45, 2.75) is 38.1 Å². The summed E-state index contributed by atoms with van der Waals surface area (Å²) in [6.07, 6.45) is 4.22. The summed E-state index contributed by atoms with van der Waals surface area (Å²) in [6, 6.07) is 1.98. The van der Waals surface area contributed by atoms with Gasteiger partial charge in [-0.3, -0.25) is 0 Å². The largest absolute Gasteiger partial charge is 0.496 e. The molecule has 1 aliphatic carbocycles. The third-order valence-electron chi connectivity index (χ3n) is 3.87. The zero-order chi connectivity index (χ0) is 13.3. The van der Waals surface area contributed by atoms with Crippen molar-refractivity contribution in [1.29, 1.82) is 0 Å².